The minimum absolute atomic E-state index is 0.0174. The normalized spacial score (nSPS) is 11.7. The van der Waals surface area contributed by atoms with Crippen molar-refractivity contribution in [2.75, 3.05) is 30.3 Å². The molecule has 1 amide bonds. The van der Waals surface area contributed by atoms with Gasteiger partial charge in [0, 0.05) is 35.6 Å². The Hall–Kier alpha value is -3.38. The Labute approximate surface area is 191 Å². The summed E-state index contributed by atoms with van der Waals surface area (Å²) >= 11 is 0. The lowest BCUT2D eigenvalue weighted by Crippen LogP contribution is -2.27. The Morgan fingerprint density at radius 3 is 2.25 bits per heavy atom. The molecule has 0 aromatic heterocycles. The van der Waals surface area contributed by atoms with Crippen LogP contribution in [-0.4, -0.2) is 36.8 Å². The molecule has 4 N–H and O–H groups in total. The number of nitrogens with one attached hydrogen (secondary N) is 2. The SMILES string of the molecule is C=C(/C=C(\N=CN)c1ccccc1CC)Nc1ccc(NC(=O)CCN(CC)CC)cc1. The summed E-state index contributed by atoms with van der Waals surface area (Å²) in [7, 11) is 0. The molecular weight excluding hydrogens is 398 g/mol. The van der Waals surface area contributed by atoms with E-state index in [9.17, 15) is 4.79 Å². The summed E-state index contributed by atoms with van der Waals surface area (Å²) in [6, 6.07) is 15.7. The molecule has 0 unspecified atom stereocenters. The summed E-state index contributed by atoms with van der Waals surface area (Å²) in [5, 5.41) is 6.22. The summed E-state index contributed by atoms with van der Waals surface area (Å²) in [4.78, 5) is 18.7. The van der Waals surface area contributed by atoms with Gasteiger partial charge >= 0.3 is 0 Å². The standard InChI is InChI=1S/C26H35N5O/c1-5-21-10-8-9-11-24(21)25(28-19-27)18-20(4)29-22-12-14-23(15-13-22)30-26(32)16-17-31(6-2)7-3/h8-15,18-19,29H,4-7,16-17H2,1-3H3,(H2,27,28)(H,30,32)/b25-18-. The lowest BCUT2D eigenvalue weighted by atomic mass is 10.0. The van der Waals surface area contributed by atoms with Gasteiger partial charge in [0.1, 0.15) is 0 Å². The van der Waals surface area contributed by atoms with Gasteiger partial charge in [0.25, 0.3) is 0 Å². The van der Waals surface area contributed by atoms with E-state index in [4.69, 9.17) is 5.73 Å². The van der Waals surface area contributed by atoms with E-state index in [2.05, 4.69) is 53.9 Å². The molecule has 0 radical (unpaired) electrons. The van der Waals surface area contributed by atoms with Crippen molar-refractivity contribution in [3.63, 3.8) is 0 Å². The van der Waals surface area contributed by atoms with E-state index < -0.39 is 0 Å². The highest BCUT2D eigenvalue weighted by Crippen LogP contribution is 2.23. The first-order chi connectivity index (χ1) is 15.5. The molecule has 0 bridgehead atoms. The second-order valence-corrected chi connectivity index (χ2v) is 7.37. The minimum atomic E-state index is 0.0174. The predicted molar refractivity (Wildman–Crippen MR) is 137 cm³/mol. The lowest BCUT2D eigenvalue weighted by molar-refractivity contribution is -0.116. The number of amides is 1. The second kappa shape index (κ2) is 13.1. The fraction of sp³-hybridized carbons (Fsp3) is 0.308. The smallest absolute Gasteiger partial charge is 0.225 e. The van der Waals surface area contributed by atoms with Crippen LogP contribution in [0.3, 0.4) is 0 Å². The number of nitrogens with zero attached hydrogens (tertiary/aromatic N) is 2. The van der Waals surface area contributed by atoms with E-state index >= 15 is 0 Å². The third-order valence-corrected chi connectivity index (χ3v) is 5.22. The predicted octanol–water partition coefficient (Wildman–Crippen LogP) is 4.87. The van der Waals surface area contributed by atoms with Crippen LogP contribution in [0.15, 0.2) is 71.9 Å². The molecule has 0 saturated carbocycles. The van der Waals surface area contributed by atoms with Gasteiger partial charge in [-0.15, -0.1) is 0 Å². The van der Waals surface area contributed by atoms with Gasteiger partial charge < -0.3 is 21.3 Å². The van der Waals surface area contributed by atoms with E-state index in [0.717, 1.165) is 48.7 Å². The Morgan fingerprint density at radius 1 is 1.03 bits per heavy atom. The van der Waals surface area contributed by atoms with E-state index in [0.29, 0.717) is 12.1 Å². The number of carbonyl (C=O) groups excluding carboxylic acids is 1. The van der Waals surface area contributed by atoms with Gasteiger partial charge in [-0.05, 0) is 55.4 Å². The number of nitrogens with two attached hydrogens (primary N) is 1. The quantitative estimate of drug-likeness (QED) is 0.253. The minimum Gasteiger partial charge on any atom is -0.390 e. The summed E-state index contributed by atoms with van der Waals surface area (Å²) in [5.74, 6) is 0.0174. The molecule has 6 heteroatoms. The Kier molecular flexibility index (Phi) is 10.2. The van der Waals surface area contributed by atoms with Crippen molar-refractivity contribution >= 4 is 29.3 Å². The van der Waals surface area contributed by atoms with Gasteiger partial charge in [0.05, 0.1) is 12.0 Å². The molecule has 0 aliphatic rings. The number of allylic oxidation sites excluding steroid dienone is 1. The monoisotopic (exact) mass is 433 g/mol. The van der Waals surface area contributed by atoms with Crippen LogP contribution in [0.1, 0.15) is 38.3 Å². The number of aryl methyl sites for hydroxylation is 1. The first-order valence-corrected chi connectivity index (χ1v) is 11.1. The second-order valence-electron chi connectivity index (χ2n) is 7.37. The average Bonchev–Trinajstić information content (AvgIpc) is 2.80. The molecule has 2 rings (SSSR count). The zero-order chi connectivity index (χ0) is 23.3. The molecular formula is C26H35N5O. The molecule has 0 spiro atoms. The van der Waals surface area contributed by atoms with Gasteiger partial charge in [-0.2, -0.15) is 0 Å². The molecule has 0 saturated heterocycles. The fourth-order valence-electron chi connectivity index (χ4n) is 3.39. The molecule has 0 heterocycles. The van der Waals surface area contributed by atoms with Gasteiger partial charge in [0.2, 0.25) is 5.91 Å². The maximum Gasteiger partial charge on any atom is 0.225 e. The highest BCUT2D eigenvalue weighted by atomic mass is 16.1. The van der Waals surface area contributed by atoms with Crippen molar-refractivity contribution in [2.24, 2.45) is 10.7 Å². The maximum absolute atomic E-state index is 12.2. The van der Waals surface area contributed by atoms with Crippen LogP contribution < -0.4 is 16.4 Å². The number of hydrogen-bond donors (Lipinski definition) is 3. The highest BCUT2D eigenvalue weighted by Gasteiger charge is 2.07. The molecule has 0 atom stereocenters. The van der Waals surface area contributed by atoms with E-state index in [1.165, 1.54) is 11.9 Å². The third-order valence-electron chi connectivity index (χ3n) is 5.22. The third kappa shape index (κ3) is 7.71. The average molecular weight is 434 g/mol. The number of carbonyl (C=O) groups is 1. The molecule has 6 nitrogen and oxygen atoms in total. The van der Waals surface area contributed by atoms with Crippen LogP contribution in [0.5, 0.6) is 0 Å². The molecule has 32 heavy (non-hydrogen) atoms. The lowest BCUT2D eigenvalue weighted by Gasteiger charge is -2.17. The first-order valence-electron chi connectivity index (χ1n) is 11.1. The van der Waals surface area contributed by atoms with Crippen LogP contribution in [0.25, 0.3) is 5.70 Å². The van der Waals surface area contributed by atoms with E-state index in [1.54, 1.807) is 0 Å². The van der Waals surface area contributed by atoms with Crippen LogP contribution in [0.2, 0.25) is 0 Å². The summed E-state index contributed by atoms with van der Waals surface area (Å²) < 4.78 is 0. The van der Waals surface area contributed by atoms with Crippen molar-refractivity contribution in [2.45, 2.75) is 33.6 Å². The Balaban J connectivity index is 2.01. The maximum atomic E-state index is 12.2. The largest absolute Gasteiger partial charge is 0.390 e. The highest BCUT2D eigenvalue weighted by molar-refractivity contribution is 5.91. The van der Waals surface area contributed by atoms with Crippen LogP contribution in [0.4, 0.5) is 11.4 Å². The first kappa shape index (κ1) is 24.9. The molecule has 0 aliphatic heterocycles. The van der Waals surface area contributed by atoms with Crippen molar-refractivity contribution in [3.8, 4) is 0 Å². The fourth-order valence-corrected chi connectivity index (χ4v) is 3.39. The van der Waals surface area contributed by atoms with Gasteiger partial charge in [-0.3, -0.25) is 4.79 Å². The number of aliphatic imine (C=N–C) groups is 1. The van der Waals surface area contributed by atoms with E-state index in [1.807, 2.05) is 48.5 Å². The van der Waals surface area contributed by atoms with Crippen LogP contribution in [0, 0.1) is 0 Å². The molecule has 0 fully saturated rings. The van der Waals surface area contributed by atoms with Gasteiger partial charge in [-0.25, -0.2) is 4.99 Å². The zero-order valence-corrected chi connectivity index (χ0v) is 19.4. The molecule has 2 aromatic rings. The summed E-state index contributed by atoms with van der Waals surface area (Å²) in [6.45, 7) is 13.1. The van der Waals surface area contributed by atoms with Gasteiger partial charge in [-0.1, -0.05) is 51.6 Å². The zero-order valence-electron chi connectivity index (χ0n) is 19.4. The molecule has 2 aromatic carbocycles. The Morgan fingerprint density at radius 2 is 1.66 bits per heavy atom. The van der Waals surface area contributed by atoms with Crippen molar-refractivity contribution in [1.29, 1.82) is 0 Å². The number of benzene rings is 2. The van der Waals surface area contributed by atoms with Crippen molar-refractivity contribution < 1.29 is 4.79 Å². The number of hydrogen-bond acceptors (Lipinski definition) is 4. The van der Waals surface area contributed by atoms with Crippen molar-refractivity contribution in [1.82, 2.24) is 4.90 Å². The van der Waals surface area contributed by atoms with Crippen molar-refractivity contribution in [3.05, 3.63) is 78.0 Å². The van der Waals surface area contributed by atoms with Crippen LogP contribution >= 0.6 is 0 Å². The Bertz CT molecular complexity index is 943. The number of rotatable bonds is 12. The summed E-state index contributed by atoms with van der Waals surface area (Å²) in [5.41, 5.74) is 10.9. The molecule has 170 valence electrons. The van der Waals surface area contributed by atoms with Crippen LogP contribution in [-0.2, 0) is 11.2 Å². The van der Waals surface area contributed by atoms with Gasteiger partial charge in [0.15, 0.2) is 0 Å². The topological polar surface area (TPSA) is 82.7 Å². The number of anilines is 2. The van der Waals surface area contributed by atoms with E-state index in [-0.39, 0.29) is 5.91 Å². The summed E-state index contributed by atoms with van der Waals surface area (Å²) in [6.07, 6.45) is 4.55. The molecule has 0 aliphatic carbocycles.